The van der Waals surface area contributed by atoms with Crippen molar-refractivity contribution >= 4 is 35.4 Å². The van der Waals surface area contributed by atoms with Gasteiger partial charge in [-0.25, -0.2) is 4.98 Å². The Kier molecular flexibility index (Phi) is 12.2. The summed E-state index contributed by atoms with van der Waals surface area (Å²) in [6.45, 7) is 8.20. The predicted molar refractivity (Wildman–Crippen MR) is 116 cm³/mol. The van der Waals surface area contributed by atoms with E-state index >= 15 is 0 Å². The zero-order chi connectivity index (χ0) is 19.4. The van der Waals surface area contributed by atoms with E-state index in [2.05, 4.69) is 15.0 Å². The molecule has 0 aliphatic rings. The van der Waals surface area contributed by atoms with Crippen molar-refractivity contribution in [3.05, 3.63) is 87.2 Å². The molecule has 1 aromatic heterocycles. The summed E-state index contributed by atoms with van der Waals surface area (Å²) in [5, 5.41) is 0.607. The van der Waals surface area contributed by atoms with E-state index in [1.54, 1.807) is 24.6 Å². The molecule has 3 rings (SSSR count). The van der Waals surface area contributed by atoms with E-state index in [4.69, 9.17) is 11.6 Å². The number of para-hydroxylation sites is 2. The van der Waals surface area contributed by atoms with E-state index in [0.29, 0.717) is 16.4 Å². The number of benzene rings is 2. The third-order valence-electron chi connectivity index (χ3n) is 4.36. The van der Waals surface area contributed by atoms with Crippen molar-refractivity contribution in [1.29, 1.82) is 0 Å². The predicted octanol–water partition coefficient (Wildman–Crippen LogP) is 0.475. The Morgan fingerprint density at radius 3 is 1.37 bits per heavy atom. The molecule has 3 aromatic rings. The van der Waals surface area contributed by atoms with Crippen LogP contribution in [0.4, 0.5) is 11.4 Å². The summed E-state index contributed by atoms with van der Waals surface area (Å²) < 4.78 is 0. The first-order chi connectivity index (χ1) is 12.9. The van der Waals surface area contributed by atoms with Crippen molar-refractivity contribution in [3.8, 4) is 0 Å². The van der Waals surface area contributed by atoms with Gasteiger partial charge in [0.25, 0.3) is 0 Å². The second kappa shape index (κ2) is 12.9. The first-order valence-corrected chi connectivity index (χ1v) is 9.20. The average Bonchev–Trinajstić information content (AvgIpc) is 2.60. The fourth-order valence-corrected chi connectivity index (χ4v) is 3.17. The van der Waals surface area contributed by atoms with Gasteiger partial charge in [-0.3, -0.25) is 9.98 Å². The topological polar surface area (TPSA) is 37.6 Å². The summed E-state index contributed by atoms with van der Waals surface area (Å²) in [5.74, 6) is 0. The Balaban J connectivity index is 0.00000280. The van der Waals surface area contributed by atoms with Gasteiger partial charge in [-0.2, -0.15) is 0 Å². The van der Waals surface area contributed by atoms with Crippen LogP contribution in [-0.4, -0.2) is 17.4 Å². The van der Waals surface area contributed by atoms with Crippen LogP contribution in [0.1, 0.15) is 33.6 Å². The van der Waals surface area contributed by atoms with Crippen LogP contribution in [0.15, 0.2) is 58.5 Å². The summed E-state index contributed by atoms with van der Waals surface area (Å²) in [7, 11) is 0. The van der Waals surface area contributed by atoms with Crippen molar-refractivity contribution in [2.75, 3.05) is 0 Å². The number of halogens is 3. The normalized spacial score (nSPS) is 10.4. The number of nitrogens with zero attached hydrogens (tertiary/aromatic N) is 3. The second-order valence-electron chi connectivity index (χ2n) is 6.63. The van der Waals surface area contributed by atoms with Crippen molar-refractivity contribution in [1.82, 2.24) is 4.98 Å². The fraction of sp³-hybridized carbons (Fsp3) is 0.174. The molecular formula is C23H22Cl3N3V. The molecule has 3 nitrogen and oxygen atoms in total. The molecule has 2 aromatic carbocycles. The van der Waals surface area contributed by atoms with Gasteiger partial charge in [0.05, 0.1) is 35.2 Å². The van der Waals surface area contributed by atoms with Crippen molar-refractivity contribution < 1.29 is 43.4 Å². The van der Waals surface area contributed by atoms with Crippen LogP contribution in [-0.2, 0) is 18.6 Å². The van der Waals surface area contributed by atoms with Gasteiger partial charge in [0, 0.05) is 5.02 Å². The first kappa shape index (κ1) is 28.4. The SMILES string of the molecule is Cc1cccc(C)c1N=Cc1cc(Cl)cc(C=Nc2c(C)cccc2C)n1.[Cl-].[Cl-].[V+2]. The van der Waals surface area contributed by atoms with E-state index in [1.807, 2.05) is 64.1 Å². The molecule has 30 heavy (non-hydrogen) atoms. The molecule has 0 saturated carbocycles. The summed E-state index contributed by atoms with van der Waals surface area (Å²) in [6.07, 6.45) is 3.50. The van der Waals surface area contributed by atoms with Gasteiger partial charge in [0.15, 0.2) is 0 Å². The maximum absolute atomic E-state index is 6.28. The second-order valence-corrected chi connectivity index (χ2v) is 7.07. The number of hydrogen-bond donors (Lipinski definition) is 0. The third kappa shape index (κ3) is 7.26. The third-order valence-corrected chi connectivity index (χ3v) is 4.58. The zero-order valence-corrected chi connectivity index (χ0v) is 20.9. The maximum atomic E-state index is 6.28. The van der Waals surface area contributed by atoms with Crippen LogP contribution in [0.3, 0.4) is 0 Å². The summed E-state index contributed by atoms with van der Waals surface area (Å²) in [4.78, 5) is 13.8. The smallest absolute Gasteiger partial charge is 1.00 e. The van der Waals surface area contributed by atoms with Crippen LogP contribution in [0.25, 0.3) is 0 Å². The molecule has 155 valence electrons. The Labute approximate surface area is 207 Å². The standard InChI is InChI=1S/C23H22ClN3.2ClH.V/c1-15-7-5-8-16(2)22(15)25-13-20-11-19(24)12-21(27-20)14-26-23-17(3)9-6-10-18(23)4;;;/h5-14H,1-4H3;2*1H;/q;;;+2/p-2. The van der Waals surface area contributed by atoms with Crippen LogP contribution in [0.2, 0.25) is 5.02 Å². The van der Waals surface area contributed by atoms with E-state index < -0.39 is 0 Å². The number of aliphatic imine (C=N–C) groups is 2. The molecule has 0 fully saturated rings. The molecule has 0 amide bonds. The molecule has 0 bridgehead atoms. The molecule has 0 aliphatic carbocycles. The monoisotopic (exact) mass is 496 g/mol. The van der Waals surface area contributed by atoms with Gasteiger partial charge in [0.1, 0.15) is 0 Å². The molecule has 0 saturated heterocycles. The molecule has 0 spiro atoms. The molecule has 7 heteroatoms. The molecule has 0 atom stereocenters. The van der Waals surface area contributed by atoms with Crippen LogP contribution in [0.5, 0.6) is 0 Å². The average molecular weight is 498 g/mol. The van der Waals surface area contributed by atoms with Crippen molar-refractivity contribution in [2.45, 2.75) is 27.7 Å². The minimum absolute atomic E-state index is 0. The van der Waals surface area contributed by atoms with E-state index in [-0.39, 0.29) is 43.4 Å². The Morgan fingerprint density at radius 2 is 1.03 bits per heavy atom. The maximum Gasteiger partial charge on any atom is 2.00 e. The van der Waals surface area contributed by atoms with Crippen LogP contribution in [0, 0.1) is 27.7 Å². The molecular weight excluding hydrogens is 476 g/mol. The molecule has 1 radical (unpaired) electrons. The molecule has 0 aliphatic heterocycles. The van der Waals surface area contributed by atoms with Gasteiger partial charge in [0.2, 0.25) is 0 Å². The minimum atomic E-state index is 0. The van der Waals surface area contributed by atoms with Gasteiger partial charge < -0.3 is 24.8 Å². The molecule has 0 unspecified atom stereocenters. The van der Waals surface area contributed by atoms with E-state index in [0.717, 1.165) is 33.6 Å². The van der Waals surface area contributed by atoms with Gasteiger partial charge in [-0.15, -0.1) is 0 Å². The summed E-state index contributed by atoms with van der Waals surface area (Å²) in [5.41, 5.74) is 7.85. The molecule has 0 N–H and O–H groups in total. The van der Waals surface area contributed by atoms with E-state index in [9.17, 15) is 0 Å². The van der Waals surface area contributed by atoms with Crippen molar-refractivity contribution in [3.63, 3.8) is 0 Å². The van der Waals surface area contributed by atoms with Gasteiger partial charge in [-0.05, 0) is 62.1 Å². The Bertz CT molecular complexity index is 930. The summed E-state index contributed by atoms with van der Waals surface area (Å²) in [6, 6.07) is 15.9. The van der Waals surface area contributed by atoms with Gasteiger partial charge >= 0.3 is 18.6 Å². The number of hydrogen-bond acceptors (Lipinski definition) is 3. The van der Waals surface area contributed by atoms with Crippen molar-refractivity contribution in [2.24, 2.45) is 9.98 Å². The largest absolute Gasteiger partial charge is 2.00 e. The van der Waals surface area contributed by atoms with Crippen LogP contribution >= 0.6 is 11.6 Å². The fourth-order valence-electron chi connectivity index (χ4n) is 2.95. The number of aromatic nitrogens is 1. The number of rotatable bonds is 4. The van der Waals surface area contributed by atoms with Gasteiger partial charge in [-0.1, -0.05) is 48.0 Å². The molecule has 1 heterocycles. The summed E-state index contributed by atoms with van der Waals surface area (Å²) >= 11 is 6.28. The minimum Gasteiger partial charge on any atom is -1.00 e. The van der Waals surface area contributed by atoms with Crippen LogP contribution < -0.4 is 24.8 Å². The Morgan fingerprint density at radius 1 is 0.700 bits per heavy atom. The number of pyridine rings is 1. The first-order valence-electron chi connectivity index (χ1n) is 8.82. The Hall–Kier alpha value is -1.62. The number of aryl methyl sites for hydroxylation is 4. The zero-order valence-electron chi connectivity index (χ0n) is 17.2. The van der Waals surface area contributed by atoms with E-state index in [1.165, 1.54) is 0 Å². The quantitative estimate of drug-likeness (QED) is 0.483.